The molecule has 106 valence electrons. The van der Waals surface area contributed by atoms with Gasteiger partial charge in [-0.3, -0.25) is 4.90 Å². The largest absolute Gasteiger partial charge is 0.478 e. The van der Waals surface area contributed by atoms with Gasteiger partial charge in [-0.05, 0) is 13.8 Å². The standard InChI is InChI=1S/C13H22N4O2/c1-3-19-13-11(2)12(15-10-16-13)14-4-5-17-6-8-18-9-7-17/h10H,3-9H2,1-2H3,(H,14,15,16). The summed E-state index contributed by atoms with van der Waals surface area (Å²) >= 11 is 0. The van der Waals surface area contributed by atoms with E-state index in [0.717, 1.165) is 50.8 Å². The van der Waals surface area contributed by atoms with Gasteiger partial charge in [-0.25, -0.2) is 9.97 Å². The number of rotatable bonds is 6. The van der Waals surface area contributed by atoms with Crippen LogP contribution in [-0.4, -0.2) is 60.9 Å². The second-order valence-corrected chi connectivity index (χ2v) is 4.47. The smallest absolute Gasteiger partial charge is 0.221 e. The minimum absolute atomic E-state index is 0.616. The Bertz CT molecular complexity index is 394. The number of hydrogen-bond acceptors (Lipinski definition) is 6. The van der Waals surface area contributed by atoms with Crippen molar-refractivity contribution < 1.29 is 9.47 Å². The average Bonchev–Trinajstić information content (AvgIpc) is 2.44. The molecule has 1 aliphatic rings. The molecule has 0 amide bonds. The summed E-state index contributed by atoms with van der Waals surface area (Å²) in [6, 6.07) is 0. The summed E-state index contributed by atoms with van der Waals surface area (Å²) in [5, 5.41) is 3.35. The van der Waals surface area contributed by atoms with Crippen molar-refractivity contribution in [1.82, 2.24) is 14.9 Å². The van der Waals surface area contributed by atoms with Gasteiger partial charge >= 0.3 is 0 Å². The van der Waals surface area contributed by atoms with Crippen molar-refractivity contribution in [3.63, 3.8) is 0 Å². The number of anilines is 1. The summed E-state index contributed by atoms with van der Waals surface area (Å²) in [4.78, 5) is 10.8. The predicted molar refractivity (Wildman–Crippen MR) is 73.7 cm³/mol. The number of morpholine rings is 1. The van der Waals surface area contributed by atoms with Crippen molar-refractivity contribution in [3.8, 4) is 5.88 Å². The van der Waals surface area contributed by atoms with E-state index < -0.39 is 0 Å². The fourth-order valence-electron chi connectivity index (χ4n) is 2.05. The van der Waals surface area contributed by atoms with Gasteiger partial charge in [0.2, 0.25) is 5.88 Å². The number of nitrogens with one attached hydrogen (secondary N) is 1. The third-order valence-corrected chi connectivity index (χ3v) is 3.14. The highest BCUT2D eigenvalue weighted by Crippen LogP contribution is 2.19. The van der Waals surface area contributed by atoms with Crippen molar-refractivity contribution in [3.05, 3.63) is 11.9 Å². The topological polar surface area (TPSA) is 59.5 Å². The molecule has 1 fully saturated rings. The number of hydrogen-bond donors (Lipinski definition) is 1. The zero-order valence-electron chi connectivity index (χ0n) is 11.7. The lowest BCUT2D eigenvalue weighted by Gasteiger charge is -2.26. The second kappa shape index (κ2) is 7.25. The Balaban J connectivity index is 1.83. The molecule has 2 rings (SSSR count). The van der Waals surface area contributed by atoms with Crippen molar-refractivity contribution in [2.75, 3.05) is 51.3 Å². The first kappa shape index (κ1) is 14.0. The van der Waals surface area contributed by atoms with E-state index in [1.54, 1.807) is 0 Å². The molecule has 19 heavy (non-hydrogen) atoms. The van der Waals surface area contributed by atoms with E-state index in [2.05, 4.69) is 20.2 Å². The Labute approximate surface area is 114 Å². The van der Waals surface area contributed by atoms with Crippen molar-refractivity contribution in [2.24, 2.45) is 0 Å². The van der Waals surface area contributed by atoms with Gasteiger partial charge in [0.05, 0.1) is 25.4 Å². The lowest BCUT2D eigenvalue weighted by molar-refractivity contribution is 0.0398. The van der Waals surface area contributed by atoms with Crippen LogP contribution in [0.15, 0.2) is 6.33 Å². The van der Waals surface area contributed by atoms with Crippen molar-refractivity contribution in [2.45, 2.75) is 13.8 Å². The van der Waals surface area contributed by atoms with Crippen LogP contribution in [0.25, 0.3) is 0 Å². The molecule has 0 spiro atoms. The molecule has 0 aliphatic carbocycles. The monoisotopic (exact) mass is 266 g/mol. The molecule has 0 saturated carbocycles. The van der Waals surface area contributed by atoms with E-state index in [-0.39, 0.29) is 0 Å². The SMILES string of the molecule is CCOc1ncnc(NCCN2CCOCC2)c1C. The van der Waals surface area contributed by atoms with E-state index in [4.69, 9.17) is 9.47 Å². The highest BCUT2D eigenvalue weighted by molar-refractivity contribution is 5.47. The summed E-state index contributed by atoms with van der Waals surface area (Å²) in [6.45, 7) is 10.1. The first-order valence-corrected chi connectivity index (χ1v) is 6.79. The third-order valence-electron chi connectivity index (χ3n) is 3.14. The van der Waals surface area contributed by atoms with Gasteiger partial charge < -0.3 is 14.8 Å². The Hall–Kier alpha value is -1.40. The highest BCUT2D eigenvalue weighted by Gasteiger charge is 2.11. The number of nitrogens with zero attached hydrogens (tertiary/aromatic N) is 3. The van der Waals surface area contributed by atoms with Crippen LogP contribution in [0.1, 0.15) is 12.5 Å². The summed E-state index contributed by atoms with van der Waals surface area (Å²) in [5.74, 6) is 1.51. The Morgan fingerprint density at radius 3 is 2.89 bits per heavy atom. The van der Waals surface area contributed by atoms with Crippen molar-refractivity contribution >= 4 is 5.82 Å². The first-order valence-electron chi connectivity index (χ1n) is 6.79. The predicted octanol–water partition coefficient (Wildman–Crippen LogP) is 0.928. The van der Waals surface area contributed by atoms with Crippen molar-refractivity contribution in [1.29, 1.82) is 0 Å². The fourth-order valence-corrected chi connectivity index (χ4v) is 2.05. The van der Waals surface area contributed by atoms with Gasteiger partial charge in [0.25, 0.3) is 0 Å². The van der Waals surface area contributed by atoms with E-state index >= 15 is 0 Å². The molecule has 0 bridgehead atoms. The summed E-state index contributed by atoms with van der Waals surface area (Å²) in [5.41, 5.74) is 0.964. The van der Waals surface area contributed by atoms with E-state index in [1.165, 1.54) is 6.33 Å². The van der Waals surface area contributed by atoms with Gasteiger partial charge in [0.15, 0.2) is 0 Å². The lowest BCUT2D eigenvalue weighted by atomic mass is 10.3. The summed E-state index contributed by atoms with van der Waals surface area (Å²) in [7, 11) is 0. The second-order valence-electron chi connectivity index (χ2n) is 4.47. The molecule has 1 saturated heterocycles. The molecule has 0 atom stereocenters. The third kappa shape index (κ3) is 4.04. The van der Waals surface area contributed by atoms with Crippen LogP contribution in [-0.2, 0) is 4.74 Å². The van der Waals surface area contributed by atoms with Gasteiger partial charge in [0.1, 0.15) is 12.1 Å². The highest BCUT2D eigenvalue weighted by atomic mass is 16.5. The molecular formula is C13H22N4O2. The van der Waals surface area contributed by atoms with E-state index in [9.17, 15) is 0 Å². The zero-order valence-corrected chi connectivity index (χ0v) is 11.7. The van der Waals surface area contributed by atoms with Crippen LogP contribution in [0.2, 0.25) is 0 Å². The van der Waals surface area contributed by atoms with Crippen LogP contribution in [0.5, 0.6) is 5.88 Å². The average molecular weight is 266 g/mol. The number of ether oxygens (including phenoxy) is 2. The molecular weight excluding hydrogens is 244 g/mol. The Morgan fingerprint density at radius 2 is 2.16 bits per heavy atom. The van der Waals surface area contributed by atoms with Crippen LogP contribution in [0, 0.1) is 6.92 Å². The molecule has 0 unspecified atom stereocenters. The fraction of sp³-hybridized carbons (Fsp3) is 0.692. The van der Waals surface area contributed by atoms with Crippen LogP contribution in [0.4, 0.5) is 5.82 Å². The molecule has 0 aromatic carbocycles. The van der Waals surface area contributed by atoms with Crippen LogP contribution in [0.3, 0.4) is 0 Å². The quantitative estimate of drug-likeness (QED) is 0.826. The maximum Gasteiger partial charge on any atom is 0.221 e. The minimum atomic E-state index is 0.616. The molecule has 2 heterocycles. The maximum absolute atomic E-state index is 5.46. The molecule has 6 heteroatoms. The molecule has 0 radical (unpaired) electrons. The number of aromatic nitrogens is 2. The Kier molecular flexibility index (Phi) is 5.35. The minimum Gasteiger partial charge on any atom is -0.478 e. The summed E-state index contributed by atoms with van der Waals surface area (Å²) < 4.78 is 10.8. The normalized spacial score (nSPS) is 16.3. The molecule has 1 N–H and O–H groups in total. The zero-order chi connectivity index (χ0) is 13.5. The molecule has 6 nitrogen and oxygen atoms in total. The van der Waals surface area contributed by atoms with Gasteiger partial charge in [0, 0.05) is 26.2 Å². The van der Waals surface area contributed by atoms with Gasteiger partial charge in [-0.1, -0.05) is 0 Å². The van der Waals surface area contributed by atoms with Gasteiger partial charge in [-0.15, -0.1) is 0 Å². The lowest BCUT2D eigenvalue weighted by Crippen LogP contribution is -2.39. The molecule has 1 aromatic heterocycles. The van der Waals surface area contributed by atoms with Crippen LogP contribution < -0.4 is 10.1 Å². The van der Waals surface area contributed by atoms with Crippen LogP contribution >= 0.6 is 0 Å². The van der Waals surface area contributed by atoms with Gasteiger partial charge in [-0.2, -0.15) is 0 Å². The van der Waals surface area contributed by atoms with E-state index in [1.807, 2.05) is 13.8 Å². The maximum atomic E-state index is 5.46. The first-order chi connectivity index (χ1) is 9.31. The summed E-state index contributed by atoms with van der Waals surface area (Å²) in [6.07, 6.45) is 1.54. The Morgan fingerprint density at radius 1 is 1.37 bits per heavy atom. The molecule has 1 aromatic rings. The molecule has 1 aliphatic heterocycles. The van der Waals surface area contributed by atoms with E-state index in [0.29, 0.717) is 12.5 Å².